The number of rotatable bonds is 3. The molecule has 0 heterocycles. The van der Waals surface area contributed by atoms with Gasteiger partial charge >= 0.3 is 58.2 Å². The summed E-state index contributed by atoms with van der Waals surface area (Å²) in [4.78, 5) is 0. The second kappa shape index (κ2) is 10.4. The molecule has 0 spiro atoms. The van der Waals surface area contributed by atoms with E-state index >= 15 is 0 Å². The van der Waals surface area contributed by atoms with Crippen molar-refractivity contribution in [1.82, 2.24) is 0 Å². The first-order valence-electron chi connectivity index (χ1n) is 1.60. The molecule has 0 aromatic carbocycles. The van der Waals surface area contributed by atoms with Crippen molar-refractivity contribution in [3.8, 4) is 0 Å². The third-order valence-electron chi connectivity index (χ3n) is 0.295. The van der Waals surface area contributed by atoms with Crippen LogP contribution >= 0.6 is 0 Å². The molecule has 0 amide bonds. The van der Waals surface area contributed by atoms with Crippen LogP contribution in [0.3, 0.4) is 0 Å². The summed E-state index contributed by atoms with van der Waals surface area (Å²) in [6.45, 7) is 3.29. The third-order valence-corrected chi connectivity index (χ3v) is 0.295. The Labute approximate surface area is 92.3 Å². The van der Waals surface area contributed by atoms with Gasteiger partial charge in [-0.2, -0.15) is 0 Å². The van der Waals surface area contributed by atoms with E-state index in [1.807, 2.05) is 0 Å². The van der Waals surface area contributed by atoms with Crippen molar-refractivity contribution >= 4 is 0 Å². The van der Waals surface area contributed by atoms with Gasteiger partial charge in [0.05, 0.1) is 0 Å². The first kappa shape index (κ1) is 11.3. The normalized spacial score (nSPS) is 7.00. The van der Waals surface area contributed by atoms with Crippen molar-refractivity contribution in [1.29, 1.82) is 0 Å². The second-order valence-corrected chi connectivity index (χ2v) is 0.728. The van der Waals surface area contributed by atoms with Gasteiger partial charge in [-0.05, 0) is 0 Å². The van der Waals surface area contributed by atoms with E-state index in [2.05, 4.69) is 17.4 Å². The van der Waals surface area contributed by atoms with E-state index in [4.69, 9.17) is 5.11 Å². The van der Waals surface area contributed by atoms with Gasteiger partial charge in [-0.15, -0.1) is 0 Å². The molecule has 0 bridgehead atoms. The Morgan fingerprint density at radius 1 is 1.71 bits per heavy atom. The molecule has 0 aromatic heterocycles. The first-order chi connectivity index (χ1) is 2.91. The van der Waals surface area contributed by atoms with Crippen molar-refractivity contribution in [3.05, 3.63) is 12.7 Å². The number of hydrogen-bond donors (Lipinski definition) is 1. The molecule has 0 saturated carbocycles. The number of ether oxygens (including phenoxy) is 1. The van der Waals surface area contributed by atoms with Gasteiger partial charge in [0.2, 0.25) is 0 Å². The SMILES string of the molecule is C=[C-]COCO.[Rb+]. The fourth-order valence-corrected chi connectivity index (χ4v) is 0.118. The van der Waals surface area contributed by atoms with E-state index in [0.717, 1.165) is 0 Å². The standard InChI is InChI=1S/C4H7O2.Rb/c1-2-3-6-4-5;/h5H,1,3-4H2;/q-1;+1. The van der Waals surface area contributed by atoms with Crippen LogP contribution < -0.4 is 58.2 Å². The topological polar surface area (TPSA) is 29.5 Å². The summed E-state index contributed by atoms with van der Waals surface area (Å²) >= 11 is 0. The predicted octanol–water partition coefficient (Wildman–Crippen LogP) is -3.05. The maximum absolute atomic E-state index is 7.91. The van der Waals surface area contributed by atoms with Gasteiger partial charge < -0.3 is 15.9 Å². The van der Waals surface area contributed by atoms with E-state index < -0.39 is 0 Å². The molecule has 0 aromatic rings. The number of aliphatic hydroxyl groups excluding tert-OH is 1. The fourth-order valence-electron chi connectivity index (χ4n) is 0.118. The summed E-state index contributed by atoms with van der Waals surface area (Å²) in [6, 6.07) is 0. The van der Waals surface area contributed by atoms with E-state index in [0.29, 0.717) is 6.61 Å². The Balaban J connectivity index is 0. The molecule has 1 N–H and O–H groups in total. The summed E-state index contributed by atoms with van der Waals surface area (Å²) in [5.41, 5.74) is 0. The van der Waals surface area contributed by atoms with Gasteiger partial charge in [0.1, 0.15) is 6.79 Å². The molecule has 0 radical (unpaired) electrons. The minimum atomic E-state index is -0.248. The minimum Gasteiger partial charge on any atom is -0.477 e. The third kappa shape index (κ3) is 11.2. The zero-order valence-electron chi connectivity index (χ0n) is 4.48. The maximum Gasteiger partial charge on any atom is 1.00 e. The van der Waals surface area contributed by atoms with Crippen LogP contribution in [0.1, 0.15) is 0 Å². The maximum atomic E-state index is 7.91. The first-order valence-corrected chi connectivity index (χ1v) is 1.60. The van der Waals surface area contributed by atoms with Crippen molar-refractivity contribution < 1.29 is 68.0 Å². The summed E-state index contributed by atoms with van der Waals surface area (Å²) in [7, 11) is 0. The summed E-state index contributed by atoms with van der Waals surface area (Å²) in [5.74, 6) is 0. The van der Waals surface area contributed by atoms with Crippen molar-refractivity contribution in [3.63, 3.8) is 0 Å². The molecule has 7 heavy (non-hydrogen) atoms. The van der Waals surface area contributed by atoms with Crippen LogP contribution in [0.4, 0.5) is 0 Å². The van der Waals surface area contributed by atoms with Crippen LogP contribution in [0.15, 0.2) is 6.58 Å². The van der Waals surface area contributed by atoms with Crippen LogP contribution in [0, 0.1) is 6.08 Å². The molecule has 2 nitrogen and oxygen atoms in total. The quantitative estimate of drug-likeness (QED) is 0.279. The van der Waals surface area contributed by atoms with Gasteiger partial charge in [0, 0.05) is 0 Å². The van der Waals surface area contributed by atoms with Gasteiger partial charge in [-0.3, -0.25) is 6.58 Å². The molecule has 0 aliphatic carbocycles. The molecule has 0 atom stereocenters. The monoisotopic (exact) mass is 172 g/mol. The Morgan fingerprint density at radius 2 is 2.29 bits per heavy atom. The van der Waals surface area contributed by atoms with Crippen LogP contribution in [0.2, 0.25) is 0 Å². The molecule has 0 rings (SSSR count). The van der Waals surface area contributed by atoms with Gasteiger partial charge in [-0.25, -0.2) is 0 Å². The van der Waals surface area contributed by atoms with Crippen LogP contribution in [-0.4, -0.2) is 18.5 Å². The molecule has 0 aliphatic rings. The van der Waals surface area contributed by atoms with E-state index in [1.54, 1.807) is 0 Å². The molecular formula is C4H7O2Rb. The Bertz CT molecular complexity index is 38.7. The Kier molecular flexibility index (Phi) is 16.8. The van der Waals surface area contributed by atoms with Crippen molar-refractivity contribution in [2.45, 2.75) is 0 Å². The van der Waals surface area contributed by atoms with Gasteiger partial charge in [0.15, 0.2) is 0 Å². The Morgan fingerprint density at radius 3 is 2.43 bits per heavy atom. The fraction of sp³-hybridized carbons (Fsp3) is 0.500. The molecule has 0 saturated heterocycles. The molecule has 0 fully saturated rings. The van der Waals surface area contributed by atoms with Crippen LogP contribution in [0.25, 0.3) is 0 Å². The largest absolute Gasteiger partial charge is 1.00 e. The van der Waals surface area contributed by atoms with Crippen LogP contribution in [0.5, 0.6) is 0 Å². The average Bonchev–Trinajstić information content (AvgIpc) is 1.61. The summed E-state index contributed by atoms with van der Waals surface area (Å²) in [5, 5.41) is 7.91. The van der Waals surface area contributed by atoms with Crippen molar-refractivity contribution in [2.24, 2.45) is 0 Å². The number of aliphatic hydroxyl groups is 1. The Hall–Kier alpha value is 1.47. The predicted molar refractivity (Wildman–Crippen MR) is 21.9 cm³/mol. The molecule has 36 valence electrons. The molecular weight excluding hydrogens is 166 g/mol. The van der Waals surface area contributed by atoms with E-state index in [-0.39, 0.29) is 65.0 Å². The van der Waals surface area contributed by atoms with E-state index in [9.17, 15) is 0 Å². The molecule has 0 unspecified atom stereocenters. The van der Waals surface area contributed by atoms with E-state index in [1.165, 1.54) is 0 Å². The summed E-state index contributed by atoms with van der Waals surface area (Å²) < 4.78 is 4.36. The minimum absolute atomic E-state index is 0. The van der Waals surface area contributed by atoms with Crippen LogP contribution in [-0.2, 0) is 4.74 Å². The molecule has 3 heteroatoms. The zero-order chi connectivity index (χ0) is 4.83. The average molecular weight is 173 g/mol. The van der Waals surface area contributed by atoms with Gasteiger partial charge in [-0.1, -0.05) is 6.61 Å². The zero-order valence-corrected chi connectivity index (χ0v) is 9.39. The van der Waals surface area contributed by atoms with Gasteiger partial charge in [0.25, 0.3) is 0 Å². The van der Waals surface area contributed by atoms with Crippen molar-refractivity contribution in [2.75, 3.05) is 13.4 Å². The molecule has 0 aliphatic heterocycles. The number of hydrogen-bond acceptors (Lipinski definition) is 2. The second-order valence-electron chi connectivity index (χ2n) is 0.728. The summed E-state index contributed by atoms with van der Waals surface area (Å²) in [6.07, 6.45) is 2.44. The smallest absolute Gasteiger partial charge is 0.477 e.